The van der Waals surface area contributed by atoms with Gasteiger partial charge in [0, 0.05) is 17.5 Å². The van der Waals surface area contributed by atoms with Crippen LogP contribution in [0.25, 0.3) is 0 Å². The highest BCUT2D eigenvalue weighted by molar-refractivity contribution is 7.93. The lowest BCUT2D eigenvalue weighted by molar-refractivity contribution is -0.137. The molecule has 3 rings (SSSR count). The normalized spacial score (nSPS) is 12.1. The van der Waals surface area contributed by atoms with E-state index in [0.29, 0.717) is 10.4 Å². The van der Waals surface area contributed by atoms with Gasteiger partial charge in [-0.3, -0.25) is 4.72 Å². The molecular formula is C17H12F4N2O2S2. The molecule has 1 heterocycles. The summed E-state index contributed by atoms with van der Waals surface area (Å²) in [5, 5.41) is 0.0706. The average Bonchev–Trinajstić information content (AvgIpc) is 3.01. The first kappa shape index (κ1) is 19.3. The van der Waals surface area contributed by atoms with Crippen molar-refractivity contribution >= 4 is 26.5 Å². The Labute approximate surface area is 156 Å². The summed E-state index contributed by atoms with van der Waals surface area (Å²) < 4.78 is 78.0. The molecule has 1 N–H and O–H groups in total. The van der Waals surface area contributed by atoms with Crippen LogP contribution >= 0.6 is 11.3 Å². The van der Waals surface area contributed by atoms with Crippen molar-refractivity contribution in [1.29, 1.82) is 0 Å². The van der Waals surface area contributed by atoms with Crippen molar-refractivity contribution in [3.63, 3.8) is 0 Å². The summed E-state index contributed by atoms with van der Waals surface area (Å²) >= 11 is 1.01. The molecule has 27 heavy (non-hydrogen) atoms. The van der Waals surface area contributed by atoms with Gasteiger partial charge in [0.25, 0.3) is 10.0 Å². The first-order valence-corrected chi connectivity index (χ1v) is 9.83. The third-order valence-corrected chi connectivity index (χ3v) is 5.93. The van der Waals surface area contributed by atoms with E-state index >= 15 is 0 Å². The number of rotatable bonds is 5. The van der Waals surface area contributed by atoms with Gasteiger partial charge in [-0.25, -0.2) is 17.8 Å². The number of hydrogen-bond acceptors (Lipinski definition) is 4. The van der Waals surface area contributed by atoms with E-state index in [2.05, 4.69) is 9.71 Å². The minimum atomic E-state index is -4.43. The standard InChI is InChI=1S/C17H12F4N2O2S2/c18-13-4-6-15(7-5-13)27(24,25)23-16-22-10-14(26-16)9-11-2-1-3-12(8-11)17(19,20)21/h1-8,10H,9H2,(H,22,23). The van der Waals surface area contributed by atoms with Gasteiger partial charge in [-0.2, -0.15) is 13.2 Å². The van der Waals surface area contributed by atoms with E-state index in [1.807, 2.05) is 0 Å². The average molecular weight is 416 g/mol. The highest BCUT2D eigenvalue weighted by Gasteiger charge is 2.30. The molecule has 0 atom stereocenters. The fourth-order valence-corrected chi connectivity index (χ4v) is 4.37. The van der Waals surface area contributed by atoms with Gasteiger partial charge in [0.05, 0.1) is 10.5 Å². The number of thiazole rings is 1. The Kier molecular flexibility index (Phi) is 5.20. The number of anilines is 1. The van der Waals surface area contributed by atoms with E-state index in [4.69, 9.17) is 0 Å². The lowest BCUT2D eigenvalue weighted by atomic mass is 10.1. The monoisotopic (exact) mass is 416 g/mol. The van der Waals surface area contributed by atoms with Crippen LogP contribution in [0.2, 0.25) is 0 Å². The minimum Gasteiger partial charge on any atom is -0.255 e. The quantitative estimate of drug-likeness (QED) is 0.614. The maximum Gasteiger partial charge on any atom is 0.416 e. The smallest absolute Gasteiger partial charge is 0.255 e. The van der Waals surface area contributed by atoms with Crippen LogP contribution < -0.4 is 4.72 Å². The van der Waals surface area contributed by atoms with Gasteiger partial charge in [0.1, 0.15) is 5.82 Å². The second-order valence-electron chi connectivity index (χ2n) is 5.57. The summed E-state index contributed by atoms with van der Waals surface area (Å²) in [6, 6.07) is 9.18. The molecule has 0 spiro atoms. The van der Waals surface area contributed by atoms with E-state index in [-0.39, 0.29) is 16.4 Å². The van der Waals surface area contributed by atoms with Crippen LogP contribution in [-0.2, 0) is 22.6 Å². The van der Waals surface area contributed by atoms with Gasteiger partial charge in [-0.05, 0) is 35.9 Å². The third-order valence-electron chi connectivity index (χ3n) is 3.53. The number of hydrogen-bond donors (Lipinski definition) is 1. The van der Waals surface area contributed by atoms with Crippen molar-refractivity contribution in [3.8, 4) is 0 Å². The molecule has 0 aliphatic heterocycles. The molecule has 0 aliphatic rings. The number of benzene rings is 2. The van der Waals surface area contributed by atoms with E-state index < -0.39 is 27.6 Å². The number of nitrogens with one attached hydrogen (secondary N) is 1. The third kappa shape index (κ3) is 4.83. The van der Waals surface area contributed by atoms with Gasteiger partial charge >= 0.3 is 6.18 Å². The number of aromatic nitrogens is 1. The predicted octanol–water partition coefficient (Wildman–Crippen LogP) is 4.69. The van der Waals surface area contributed by atoms with Gasteiger partial charge in [-0.1, -0.05) is 18.2 Å². The molecule has 0 saturated carbocycles. The maximum atomic E-state index is 12.9. The molecule has 10 heteroatoms. The van der Waals surface area contributed by atoms with Crippen LogP contribution in [0.3, 0.4) is 0 Å². The largest absolute Gasteiger partial charge is 0.416 e. The Morgan fingerprint density at radius 1 is 1.07 bits per heavy atom. The van der Waals surface area contributed by atoms with E-state index in [9.17, 15) is 26.0 Å². The van der Waals surface area contributed by atoms with Gasteiger partial charge < -0.3 is 0 Å². The molecule has 0 amide bonds. The van der Waals surface area contributed by atoms with Crippen molar-refractivity contribution < 1.29 is 26.0 Å². The highest BCUT2D eigenvalue weighted by atomic mass is 32.2. The maximum absolute atomic E-state index is 12.9. The second kappa shape index (κ2) is 7.28. The first-order valence-electron chi connectivity index (χ1n) is 7.53. The Bertz CT molecular complexity index is 1050. The fraction of sp³-hybridized carbons (Fsp3) is 0.118. The van der Waals surface area contributed by atoms with Crippen LogP contribution in [-0.4, -0.2) is 13.4 Å². The molecular weight excluding hydrogens is 404 g/mol. The molecule has 3 aromatic rings. The van der Waals surface area contributed by atoms with E-state index in [1.165, 1.54) is 12.3 Å². The fourth-order valence-electron chi connectivity index (χ4n) is 2.28. The predicted molar refractivity (Wildman–Crippen MR) is 93.6 cm³/mol. The van der Waals surface area contributed by atoms with Crippen molar-refractivity contribution in [3.05, 3.63) is 76.5 Å². The van der Waals surface area contributed by atoms with Crippen LogP contribution in [0.15, 0.2) is 59.6 Å². The van der Waals surface area contributed by atoms with E-state index in [0.717, 1.165) is 47.7 Å². The highest BCUT2D eigenvalue weighted by Crippen LogP contribution is 2.31. The molecule has 0 fully saturated rings. The summed E-state index contributed by atoms with van der Waals surface area (Å²) in [6.45, 7) is 0. The molecule has 0 bridgehead atoms. The van der Waals surface area contributed by atoms with E-state index in [1.54, 1.807) is 6.07 Å². The molecule has 0 saturated heterocycles. The Morgan fingerprint density at radius 3 is 2.44 bits per heavy atom. The zero-order valence-corrected chi connectivity index (χ0v) is 15.1. The zero-order valence-electron chi connectivity index (χ0n) is 13.5. The topological polar surface area (TPSA) is 59.1 Å². The Balaban J connectivity index is 1.75. The molecule has 0 unspecified atom stereocenters. The van der Waals surface area contributed by atoms with Crippen LogP contribution in [0.4, 0.5) is 22.7 Å². The SMILES string of the molecule is O=S(=O)(Nc1ncc(Cc2cccc(C(F)(F)F)c2)s1)c1ccc(F)cc1. The van der Waals surface area contributed by atoms with Gasteiger partial charge in [0.2, 0.25) is 0 Å². The number of nitrogens with zero attached hydrogens (tertiary/aromatic N) is 1. The van der Waals surface area contributed by atoms with Crippen molar-refractivity contribution in [2.45, 2.75) is 17.5 Å². The van der Waals surface area contributed by atoms with Gasteiger partial charge in [-0.15, -0.1) is 11.3 Å². The van der Waals surface area contributed by atoms with Crippen LogP contribution in [0.5, 0.6) is 0 Å². The summed E-state index contributed by atoms with van der Waals surface area (Å²) in [5.41, 5.74) is -0.317. The number of alkyl halides is 3. The lowest BCUT2D eigenvalue weighted by Gasteiger charge is -2.08. The second-order valence-corrected chi connectivity index (χ2v) is 8.36. The molecule has 2 aromatic carbocycles. The number of halogens is 4. The zero-order chi connectivity index (χ0) is 19.7. The molecule has 0 radical (unpaired) electrons. The minimum absolute atomic E-state index is 0.0706. The summed E-state index contributed by atoms with van der Waals surface area (Å²) in [6.07, 6.45) is -2.85. The van der Waals surface area contributed by atoms with Gasteiger partial charge in [0.15, 0.2) is 5.13 Å². The Morgan fingerprint density at radius 2 is 1.78 bits per heavy atom. The molecule has 142 valence electrons. The van der Waals surface area contributed by atoms with Crippen molar-refractivity contribution in [2.75, 3.05) is 4.72 Å². The first-order chi connectivity index (χ1) is 12.6. The lowest BCUT2D eigenvalue weighted by Crippen LogP contribution is -2.12. The number of sulfonamides is 1. The molecule has 4 nitrogen and oxygen atoms in total. The molecule has 0 aliphatic carbocycles. The van der Waals surface area contributed by atoms with Crippen LogP contribution in [0.1, 0.15) is 16.0 Å². The summed E-state index contributed by atoms with van der Waals surface area (Å²) in [4.78, 5) is 4.41. The van der Waals surface area contributed by atoms with Crippen molar-refractivity contribution in [2.24, 2.45) is 0 Å². The summed E-state index contributed by atoms with van der Waals surface area (Å²) in [7, 11) is -3.93. The van der Waals surface area contributed by atoms with Crippen molar-refractivity contribution in [1.82, 2.24) is 4.98 Å². The summed E-state index contributed by atoms with van der Waals surface area (Å²) in [5.74, 6) is -0.563. The van der Waals surface area contributed by atoms with Crippen LogP contribution in [0, 0.1) is 5.82 Å². The molecule has 1 aromatic heterocycles. The Hall–Kier alpha value is -2.46.